The summed E-state index contributed by atoms with van der Waals surface area (Å²) in [6.07, 6.45) is 0.652. The van der Waals surface area contributed by atoms with Crippen LogP contribution in [0.3, 0.4) is 0 Å². The number of fused-ring (bicyclic) bond motifs is 1. The molecule has 0 radical (unpaired) electrons. The summed E-state index contributed by atoms with van der Waals surface area (Å²) in [5, 5.41) is 4.00. The average molecular weight is 279 g/mol. The summed E-state index contributed by atoms with van der Waals surface area (Å²) in [4.78, 5) is 0. The topological polar surface area (TPSA) is 59.3 Å². The van der Waals surface area contributed by atoms with Gasteiger partial charge in [0.15, 0.2) is 9.84 Å². The van der Waals surface area contributed by atoms with Crippen LogP contribution in [0.25, 0.3) is 11.0 Å². The second-order valence-electron chi connectivity index (χ2n) is 5.12. The Labute approximate surface area is 112 Å². The molecule has 2 heterocycles. The number of sulfone groups is 1. The second kappa shape index (κ2) is 4.65. The van der Waals surface area contributed by atoms with E-state index in [4.69, 9.17) is 4.42 Å². The van der Waals surface area contributed by atoms with Gasteiger partial charge in [-0.15, -0.1) is 0 Å². The molecule has 5 heteroatoms. The van der Waals surface area contributed by atoms with Crippen LogP contribution >= 0.6 is 0 Å². The van der Waals surface area contributed by atoms with Crippen molar-refractivity contribution >= 4 is 20.8 Å². The fourth-order valence-corrected chi connectivity index (χ4v) is 4.00. The predicted octanol–water partition coefficient (Wildman–Crippen LogP) is 2.27. The molecule has 0 bridgehead atoms. The van der Waals surface area contributed by atoms with Gasteiger partial charge in [0.1, 0.15) is 11.3 Å². The fourth-order valence-electron chi connectivity index (χ4n) is 2.45. The first-order chi connectivity index (χ1) is 9.06. The normalized spacial score (nSPS) is 27.2. The van der Waals surface area contributed by atoms with Gasteiger partial charge in [-0.25, -0.2) is 8.42 Å². The van der Waals surface area contributed by atoms with E-state index in [1.54, 1.807) is 6.92 Å². The Bertz CT molecular complexity index is 657. The summed E-state index contributed by atoms with van der Waals surface area (Å²) in [5.41, 5.74) is 0.800. The summed E-state index contributed by atoms with van der Waals surface area (Å²) in [6, 6.07) is 9.40. The summed E-state index contributed by atoms with van der Waals surface area (Å²) in [6.45, 7) is 2.47. The molecule has 1 saturated heterocycles. The molecule has 102 valence electrons. The molecule has 0 aliphatic carbocycles. The van der Waals surface area contributed by atoms with Crippen molar-refractivity contribution in [2.75, 3.05) is 12.3 Å². The number of benzene rings is 1. The molecule has 1 aromatic heterocycles. The van der Waals surface area contributed by atoms with Gasteiger partial charge in [-0.3, -0.25) is 0 Å². The van der Waals surface area contributed by atoms with E-state index in [2.05, 4.69) is 5.32 Å². The highest BCUT2D eigenvalue weighted by Crippen LogP contribution is 2.27. The minimum atomic E-state index is -3.06. The molecule has 0 spiro atoms. The zero-order valence-electron chi connectivity index (χ0n) is 10.8. The first-order valence-corrected chi connectivity index (χ1v) is 8.21. The van der Waals surface area contributed by atoms with E-state index in [0.717, 1.165) is 11.0 Å². The van der Waals surface area contributed by atoms with Crippen LogP contribution in [0.4, 0.5) is 0 Å². The molecule has 0 amide bonds. The number of rotatable bonds is 1. The summed E-state index contributed by atoms with van der Waals surface area (Å²) >= 11 is 0. The van der Waals surface area contributed by atoms with E-state index >= 15 is 0 Å². The Morgan fingerprint density at radius 1 is 1.32 bits per heavy atom. The monoisotopic (exact) mass is 279 g/mol. The zero-order chi connectivity index (χ0) is 13.5. The van der Waals surface area contributed by atoms with Crippen LogP contribution in [0.1, 0.15) is 25.1 Å². The molecule has 3 rings (SSSR count). The summed E-state index contributed by atoms with van der Waals surface area (Å²) in [5.74, 6) is 0.812. The summed E-state index contributed by atoms with van der Waals surface area (Å²) < 4.78 is 30.0. The molecule has 2 atom stereocenters. The lowest BCUT2D eigenvalue weighted by Crippen LogP contribution is -2.25. The number of nitrogens with one attached hydrogen (secondary N) is 1. The Morgan fingerprint density at radius 3 is 2.89 bits per heavy atom. The maximum absolute atomic E-state index is 12.1. The van der Waals surface area contributed by atoms with Crippen LogP contribution in [0.5, 0.6) is 0 Å². The van der Waals surface area contributed by atoms with E-state index in [1.165, 1.54) is 0 Å². The highest BCUT2D eigenvalue weighted by Gasteiger charge is 2.30. The largest absolute Gasteiger partial charge is 0.459 e. The van der Waals surface area contributed by atoms with Crippen molar-refractivity contribution in [3.8, 4) is 0 Å². The van der Waals surface area contributed by atoms with Crippen LogP contribution in [0.2, 0.25) is 0 Å². The first-order valence-electron chi connectivity index (χ1n) is 6.50. The van der Waals surface area contributed by atoms with E-state index in [0.29, 0.717) is 18.7 Å². The lowest BCUT2D eigenvalue weighted by molar-refractivity contribution is 0.456. The molecule has 2 unspecified atom stereocenters. The number of hydrogen-bond donors (Lipinski definition) is 1. The molecule has 1 N–H and O–H groups in total. The van der Waals surface area contributed by atoms with Gasteiger partial charge in [0.2, 0.25) is 0 Å². The lowest BCUT2D eigenvalue weighted by atomic mass is 10.2. The Hall–Kier alpha value is -1.33. The van der Waals surface area contributed by atoms with E-state index in [-0.39, 0.29) is 17.0 Å². The van der Waals surface area contributed by atoms with Crippen LogP contribution in [-0.2, 0) is 9.84 Å². The second-order valence-corrected chi connectivity index (χ2v) is 7.59. The van der Waals surface area contributed by atoms with Gasteiger partial charge in [-0.05, 0) is 32.0 Å². The standard InChI is InChI=1S/C14H17NO3S/c1-10-6-7-15-12(9-19(10,16)17)14-8-11-4-2-3-5-13(11)18-14/h2-5,8,10,12,15H,6-7,9H2,1H3. The molecule has 1 fully saturated rings. The zero-order valence-corrected chi connectivity index (χ0v) is 11.6. The quantitative estimate of drug-likeness (QED) is 0.870. The third kappa shape index (κ3) is 2.40. The third-order valence-electron chi connectivity index (χ3n) is 3.74. The molecule has 4 nitrogen and oxygen atoms in total. The number of para-hydroxylation sites is 1. The van der Waals surface area contributed by atoms with Crippen LogP contribution < -0.4 is 5.32 Å². The maximum Gasteiger partial charge on any atom is 0.154 e. The Balaban J connectivity index is 1.97. The molecule has 19 heavy (non-hydrogen) atoms. The molecule has 2 aromatic rings. The van der Waals surface area contributed by atoms with Crippen LogP contribution in [0, 0.1) is 0 Å². The molecule has 1 aromatic carbocycles. The van der Waals surface area contributed by atoms with Gasteiger partial charge in [-0.2, -0.15) is 0 Å². The van der Waals surface area contributed by atoms with E-state index < -0.39 is 9.84 Å². The van der Waals surface area contributed by atoms with Crippen LogP contribution in [0.15, 0.2) is 34.7 Å². The van der Waals surface area contributed by atoms with Crippen molar-refractivity contribution in [1.29, 1.82) is 0 Å². The van der Waals surface area contributed by atoms with Crippen molar-refractivity contribution in [2.24, 2.45) is 0 Å². The van der Waals surface area contributed by atoms with Crippen molar-refractivity contribution < 1.29 is 12.8 Å². The average Bonchev–Trinajstić information content (AvgIpc) is 2.75. The third-order valence-corrected chi connectivity index (χ3v) is 6.00. The molecular weight excluding hydrogens is 262 g/mol. The van der Waals surface area contributed by atoms with Gasteiger partial charge < -0.3 is 9.73 Å². The molecule has 1 aliphatic rings. The SMILES string of the molecule is CC1CCNC(c2cc3ccccc3o2)CS1(=O)=O. The smallest absolute Gasteiger partial charge is 0.154 e. The maximum atomic E-state index is 12.1. The van der Waals surface area contributed by atoms with Crippen molar-refractivity contribution in [3.05, 3.63) is 36.1 Å². The van der Waals surface area contributed by atoms with Gasteiger partial charge in [-0.1, -0.05) is 18.2 Å². The van der Waals surface area contributed by atoms with Crippen molar-refractivity contribution in [2.45, 2.75) is 24.6 Å². The van der Waals surface area contributed by atoms with Gasteiger partial charge in [0, 0.05) is 5.39 Å². The van der Waals surface area contributed by atoms with E-state index in [9.17, 15) is 8.42 Å². The van der Waals surface area contributed by atoms with Gasteiger partial charge in [0.25, 0.3) is 0 Å². The highest BCUT2D eigenvalue weighted by atomic mass is 32.2. The van der Waals surface area contributed by atoms with Gasteiger partial charge >= 0.3 is 0 Å². The van der Waals surface area contributed by atoms with Crippen LogP contribution in [-0.4, -0.2) is 26.0 Å². The minimum Gasteiger partial charge on any atom is -0.459 e. The molecule has 0 saturated carbocycles. The highest BCUT2D eigenvalue weighted by molar-refractivity contribution is 7.92. The molecular formula is C14H17NO3S. The number of hydrogen-bond acceptors (Lipinski definition) is 4. The fraction of sp³-hybridized carbons (Fsp3) is 0.429. The predicted molar refractivity (Wildman–Crippen MR) is 74.8 cm³/mol. The van der Waals surface area contributed by atoms with E-state index in [1.807, 2.05) is 30.3 Å². The Kier molecular flexibility index (Phi) is 3.11. The van der Waals surface area contributed by atoms with Gasteiger partial charge in [0.05, 0.1) is 17.0 Å². The first kappa shape index (κ1) is 12.7. The lowest BCUT2D eigenvalue weighted by Gasteiger charge is -2.12. The van der Waals surface area contributed by atoms with Crippen molar-refractivity contribution in [1.82, 2.24) is 5.32 Å². The Morgan fingerprint density at radius 2 is 2.11 bits per heavy atom. The minimum absolute atomic E-state index is 0.105. The number of furan rings is 1. The summed E-state index contributed by atoms with van der Waals surface area (Å²) in [7, 11) is -3.06. The van der Waals surface area contributed by atoms with Crippen molar-refractivity contribution in [3.63, 3.8) is 0 Å². The molecule has 1 aliphatic heterocycles.